The Morgan fingerprint density at radius 1 is 1.22 bits per heavy atom. The van der Waals surface area contributed by atoms with E-state index in [1.165, 1.54) is 30.7 Å². The van der Waals surface area contributed by atoms with Crippen LogP contribution in [0.15, 0.2) is 42.9 Å². The highest BCUT2D eigenvalue weighted by atomic mass is 16.5. The second-order valence-electron chi connectivity index (χ2n) is 6.42. The minimum absolute atomic E-state index is 0.00530. The van der Waals surface area contributed by atoms with Crippen LogP contribution in [0.5, 0.6) is 11.5 Å². The van der Waals surface area contributed by atoms with E-state index in [1.807, 2.05) is 0 Å². The lowest BCUT2D eigenvalue weighted by atomic mass is 10.0. The lowest BCUT2D eigenvalue weighted by Gasteiger charge is -2.32. The molecule has 1 aliphatic heterocycles. The molecule has 1 aromatic carbocycles. The smallest absolute Gasteiger partial charge is 0.274 e. The van der Waals surface area contributed by atoms with Crippen LogP contribution in [-0.4, -0.2) is 57.0 Å². The molecule has 2 aromatic rings. The number of piperidine rings is 1. The Morgan fingerprint density at radius 3 is 2.56 bits per heavy atom. The monoisotopic (exact) mass is 370 g/mol. The quantitative estimate of drug-likeness (QED) is 0.824. The van der Waals surface area contributed by atoms with Gasteiger partial charge in [0.15, 0.2) is 6.10 Å². The number of aromatic nitrogens is 2. The first-order chi connectivity index (χ1) is 13.0. The van der Waals surface area contributed by atoms with Crippen LogP contribution in [0.25, 0.3) is 0 Å². The maximum atomic E-state index is 12.4. The van der Waals surface area contributed by atoms with Crippen LogP contribution >= 0.6 is 0 Å². The van der Waals surface area contributed by atoms with Crippen molar-refractivity contribution >= 4 is 11.8 Å². The molecule has 1 aromatic heterocycles. The predicted molar refractivity (Wildman–Crippen MR) is 97.3 cm³/mol. The number of benzene rings is 1. The third-order valence-corrected chi connectivity index (χ3v) is 4.43. The second-order valence-corrected chi connectivity index (χ2v) is 6.42. The Kier molecular flexibility index (Phi) is 5.85. The van der Waals surface area contributed by atoms with Gasteiger partial charge in [-0.25, -0.2) is 4.98 Å². The van der Waals surface area contributed by atoms with Gasteiger partial charge in [0.2, 0.25) is 0 Å². The maximum Gasteiger partial charge on any atom is 0.274 e. The normalized spacial score (nSPS) is 15.8. The second kappa shape index (κ2) is 8.48. The molecule has 27 heavy (non-hydrogen) atoms. The number of carbonyl (C=O) groups excluding carboxylic acids is 2. The SMILES string of the molecule is CC(Oc1ccc(O)cc1)C(=O)NC1CCN(C(=O)c2cnccn2)CC1. The van der Waals surface area contributed by atoms with Gasteiger partial charge in [-0.2, -0.15) is 0 Å². The zero-order valence-electron chi connectivity index (χ0n) is 15.0. The van der Waals surface area contributed by atoms with Gasteiger partial charge in [-0.1, -0.05) is 0 Å². The van der Waals surface area contributed by atoms with Gasteiger partial charge in [-0.3, -0.25) is 14.6 Å². The molecule has 1 saturated heterocycles. The number of phenols is 1. The molecule has 1 fully saturated rings. The zero-order valence-corrected chi connectivity index (χ0v) is 15.0. The Morgan fingerprint density at radius 2 is 1.93 bits per heavy atom. The van der Waals surface area contributed by atoms with Gasteiger partial charge in [0, 0.05) is 31.5 Å². The fraction of sp³-hybridized carbons (Fsp3) is 0.368. The van der Waals surface area contributed by atoms with Crippen LogP contribution in [0.3, 0.4) is 0 Å². The van der Waals surface area contributed by atoms with Crippen LogP contribution in [0.4, 0.5) is 0 Å². The van der Waals surface area contributed by atoms with Crippen molar-refractivity contribution in [2.75, 3.05) is 13.1 Å². The van der Waals surface area contributed by atoms with Crippen LogP contribution in [0, 0.1) is 0 Å². The van der Waals surface area contributed by atoms with Crippen molar-refractivity contribution in [2.24, 2.45) is 0 Å². The molecule has 0 bridgehead atoms. The van der Waals surface area contributed by atoms with E-state index >= 15 is 0 Å². The minimum atomic E-state index is -0.659. The molecule has 1 unspecified atom stereocenters. The number of nitrogens with zero attached hydrogens (tertiary/aromatic N) is 3. The molecule has 2 amide bonds. The number of amides is 2. The van der Waals surface area contributed by atoms with Crippen LogP contribution in [0.1, 0.15) is 30.3 Å². The Hall–Kier alpha value is -3.16. The molecule has 2 N–H and O–H groups in total. The highest BCUT2D eigenvalue weighted by molar-refractivity contribution is 5.92. The molecule has 0 aliphatic carbocycles. The molecule has 1 atom stereocenters. The fourth-order valence-electron chi connectivity index (χ4n) is 2.90. The van der Waals surface area contributed by atoms with Crippen LogP contribution in [0.2, 0.25) is 0 Å². The highest BCUT2D eigenvalue weighted by Crippen LogP contribution is 2.18. The maximum absolute atomic E-state index is 12.4. The third kappa shape index (κ3) is 4.93. The number of aromatic hydroxyl groups is 1. The first-order valence-electron chi connectivity index (χ1n) is 8.84. The largest absolute Gasteiger partial charge is 0.508 e. The number of carbonyl (C=O) groups is 2. The summed E-state index contributed by atoms with van der Waals surface area (Å²) in [5.74, 6) is 0.306. The van der Waals surface area contributed by atoms with E-state index in [0.717, 1.165) is 0 Å². The van der Waals surface area contributed by atoms with E-state index in [-0.39, 0.29) is 23.6 Å². The topological polar surface area (TPSA) is 105 Å². The zero-order chi connectivity index (χ0) is 19.2. The summed E-state index contributed by atoms with van der Waals surface area (Å²) in [7, 11) is 0. The van der Waals surface area contributed by atoms with Crippen LogP contribution < -0.4 is 10.1 Å². The van der Waals surface area contributed by atoms with E-state index in [2.05, 4.69) is 15.3 Å². The van der Waals surface area contributed by atoms with E-state index in [0.29, 0.717) is 37.4 Å². The summed E-state index contributed by atoms with van der Waals surface area (Å²) in [4.78, 5) is 34.4. The molecule has 1 aliphatic rings. The van der Waals surface area contributed by atoms with Gasteiger partial charge in [0.1, 0.15) is 17.2 Å². The highest BCUT2D eigenvalue weighted by Gasteiger charge is 2.26. The standard InChI is InChI=1S/C19H22N4O4/c1-13(27-16-4-2-15(24)3-5-16)18(25)22-14-6-10-23(11-7-14)19(26)17-12-20-8-9-21-17/h2-5,8-9,12-14,24H,6-7,10-11H2,1H3,(H,22,25). The van der Waals surface area contributed by atoms with Crippen molar-refractivity contribution in [1.29, 1.82) is 0 Å². The van der Waals surface area contributed by atoms with Crippen molar-refractivity contribution in [2.45, 2.75) is 31.9 Å². The van der Waals surface area contributed by atoms with Crippen molar-refractivity contribution in [1.82, 2.24) is 20.2 Å². The average Bonchev–Trinajstić information content (AvgIpc) is 2.70. The van der Waals surface area contributed by atoms with Crippen LogP contribution in [-0.2, 0) is 4.79 Å². The number of rotatable bonds is 5. The summed E-state index contributed by atoms with van der Waals surface area (Å²) in [6.45, 7) is 2.77. The predicted octanol–water partition coefficient (Wildman–Crippen LogP) is 1.37. The lowest BCUT2D eigenvalue weighted by Crippen LogP contribution is -2.49. The third-order valence-electron chi connectivity index (χ3n) is 4.43. The van der Waals surface area contributed by atoms with Gasteiger partial charge in [-0.05, 0) is 44.0 Å². The summed E-state index contributed by atoms with van der Waals surface area (Å²) in [5, 5.41) is 12.2. The van der Waals surface area contributed by atoms with Gasteiger partial charge in [-0.15, -0.1) is 0 Å². The molecule has 142 valence electrons. The number of nitrogens with one attached hydrogen (secondary N) is 1. The molecule has 8 heteroatoms. The summed E-state index contributed by atoms with van der Waals surface area (Å²) in [6.07, 6.45) is 5.16. The van der Waals surface area contributed by atoms with Gasteiger partial charge >= 0.3 is 0 Å². The van der Waals surface area contributed by atoms with E-state index in [4.69, 9.17) is 4.74 Å². The van der Waals surface area contributed by atoms with E-state index in [9.17, 15) is 14.7 Å². The Balaban J connectivity index is 1.46. The Bertz CT molecular complexity index is 774. The van der Waals surface area contributed by atoms with Crippen molar-refractivity contribution < 1.29 is 19.4 Å². The summed E-state index contributed by atoms with van der Waals surface area (Å²) < 4.78 is 5.59. The minimum Gasteiger partial charge on any atom is -0.508 e. The van der Waals surface area contributed by atoms with Gasteiger partial charge in [0.25, 0.3) is 11.8 Å². The summed E-state index contributed by atoms with van der Waals surface area (Å²) in [5.41, 5.74) is 0.330. The molecule has 2 heterocycles. The fourth-order valence-corrected chi connectivity index (χ4v) is 2.90. The van der Waals surface area contributed by atoms with Gasteiger partial charge < -0.3 is 20.1 Å². The molecule has 0 radical (unpaired) electrons. The summed E-state index contributed by atoms with van der Waals surface area (Å²) in [6, 6.07) is 6.22. The van der Waals surface area contributed by atoms with Crippen molar-refractivity contribution in [3.8, 4) is 11.5 Å². The lowest BCUT2D eigenvalue weighted by molar-refractivity contribution is -0.128. The number of ether oxygens (including phenoxy) is 1. The number of hydrogen-bond acceptors (Lipinski definition) is 6. The average molecular weight is 370 g/mol. The molecule has 0 saturated carbocycles. The first-order valence-corrected chi connectivity index (χ1v) is 8.84. The summed E-state index contributed by atoms with van der Waals surface area (Å²) >= 11 is 0. The van der Waals surface area contributed by atoms with E-state index < -0.39 is 6.10 Å². The number of phenolic OH excluding ortho intramolecular Hbond substituents is 1. The van der Waals surface area contributed by atoms with E-state index in [1.54, 1.807) is 24.0 Å². The molecular formula is C19H22N4O4. The number of hydrogen-bond donors (Lipinski definition) is 2. The van der Waals surface area contributed by atoms with Crippen molar-refractivity contribution in [3.63, 3.8) is 0 Å². The van der Waals surface area contributed by atoms with Gasteiger partial charge in [0.05, 0.1) is 6.20 Å². The number of likely N-dealkylation sites (tertiary alicyclic amines) is 1. The first kappa shape index (κ1) is 18.6. The van der Waals surface area contributed by atoms with Crippen molar-refractivity contribution in [3.05, 3.63) is 48.5 Å². The molecule has 0 spiro atoms. The Labute approximate surface area is 157 Å². The molecule has 3 rings (SSSR count). The molecular weight excluding hydrogens is 348 g/mol. The molecule has 8 nitrogen and oxygen atoms in total.